The lowest BCUT2D eigenvalue weighted by Crippen LogP contribution is -2.19. The molecule has 2 aromatic rings. The van der Waals surface area contributed by atoms with Crippen molar-refractivity contribution in [2.45, 2.75) is 27.3 Å². The highest BCUT2D eigenvalue weighted by molar-refractivity contribution is 7.80. The van der Waals surface area contributed by atoms with Crippen molar-refractivity contribution >= 4 is 28.8 Å². The van der Waals surface area contributed by atoms with E-state index in [0.717, 1.165) is 18.1 Å². The molecule has 1 aromatic heterocycles. The first-order chi connectivity index (χ1) is 9.08. The van der Waals surface area contributed by atoms with Crippen LogP contribution in [-0.4, -0.2) is 14.9 Å². The molecular weight excluding hydrogens is 256 g/mol. The van der Waals surface area contributed by atoms with Gasteiger partial charge < -0.3 is 10.6 Å². The fourth-order valence-electron chi connectivity index (χ4n) is 1.70. The lowest BCUT2D eigenvalue weighted by molar-refractivity contribution is 0.662. The molecule has 2 N–H and O–H groups in total. The predicted molar refractivity (Wildman–Crippen MR) is 83.7 cm³/mol. The van der Waals surface area contributed by atoms with Crippen LogP contribution in [0.1, 0.15) is 18.1 Å². The van der Waals surface area contributed by atoms with Gasteiger partial charge in [-0.2, -0.15) is 5.10 Å². The van der Waals surface area contributed by atoms with Crippen LogP contribution in [0.25, 0.3) is 0 Å². The van der Waals surface area contributed by atoms with E-state index in [1.165, 1.54) is 11.1 Å². The van der Waals surface area contributed by atoms with Crippen molar-refractivity contribution in [2.75, 3.05) is 10.6 Å². The summed E-state index contributed by atoms with van der Waals surface area (Å²) in [5.74, 6) is 0.753. The van der Waals surface area contributed by atoms with E-state index in [9.17, 15) is 0 Å². The van der Waals surface area contributed by atoms with Gasteiger partial charge in [-0.1, -0.05) is 6.07 Å². The van der Waals surface area contributed by atoms with E-state index in [2.05, 4.69) is 41.7 Å². The molecule has 1 heterocycles. The lowest BCUT2D eigenvalue weighted by atomic mass is 10.1. The standard InChI is InChI=1S/C14H18N4S/c1-4-18-8-7-13(17-18)16-14(19)15-12-6-5-10(2)11(3)9-12/h5-9H,4H2,1-3H3,(H2,15,16,17,19). The normalized spacial score (nSPS) is 10.3. The van der Waals surface area contributed by atoms with Gasteiger partial charge in [-0.05, 0) is 56.2 Å². The van der Waals surface area contributed by atoms with Crippen LogP contribution in [0.5, 0.6) is 0 Å². The summed E-state index contributed by atoms with van der Waals surface area (Å²) < 4.78 is 1.85. The van der Waals surface area contributed by atoms with Gasteiger partial charge in [-0.15, -0.1) is 0 Å². The molecule has 0 spiro atoms. The number of thiocarbonyl (C=S) groups is 1. The van der Waals surface area contributed by atoms with E-state index < -0.39 is 0 Å². The van der Waals surface area contributed by atoms with Crippen molar-refractivity contribution < 1.29 is 0 Å². The fraction of sp³-hybridized carbons (Fsp3) is 0.286. The summed E-state index contributed by atoms with van der Waals surface area (Å²) in [5.41, 5.74) is 3.49. The number of aryl methyl sites for hydroxylation is 3. The Kier molecular flexibility index (Phi) is 4.16. The highest BCUT2D eigenvalue weighted by atomic mass is 32.1. The van der Waals surface area contributed by atoms with Crippen LogP contribution in [-0.2, 0) is 6.54 Å². The van der Waals surface area contributed by atoms with E-state index in [-0.39, 0.29) is 0 Å². The summed E-state index contributed by atoms with van der Waals surface area (Å²) in [6.45, 7) is 7.06. The average molecular weight is 274 g/mol. The minimum Gasteiger partial charge on any atom is -0.332 e. The molecule has 0 unspecified atom stereocenters. The van der Waals surface area contributed by atoms with Crippen LogP contribution in [0.15, 0.2) is 30.5 Å². The van der Waals surface area contributed by atoms with Crippen molar-refractivity contribution in [1.82, 2.24) is 9.78 Å². The van der Waals surface area contributed by atoms with Crippen LogP contribution in [0.2, 0.25) is 0 Å². The summed E-state index contributed by atoms with van der Waals surface area (Å²) in [6, 6.07) is 8.07. The van der Waals surface area contributed by atoms with Gasteiger partial charge in [0.25, 0.3) is 0 Å². The van der Waals surface area contributed by atoms with Crippen LogP contribution in [0.3, 0.4) is 0 Å². The van der Waals surface area contributed by atoms with Gasteiger partial charge in [-0.25, -0.2) is 0 Å². The Morgan fingerprint density at radius 2 is 2.00 bits per heavy atom. The number of benzene rings is 1. The first-order valence-corrected chi connectivity index (χ1v) is 6.68. The second kappa shape index (κ2) is 5.84. The van der Waals surface area contributed by atoms with E-state index >= 15 is 0 Å². The molecule has 0 amide bonds. The maximum absolute atomic E-state index is 5.27. The maximum Gasteiger partial charge on any atom is 0.176 e. The molecule has 100 valence electrons. The smallest absolute Gasteiger partial charge is 0.176 e. The van der Waals surface area contributed by atoms with Crippen molar-refractivity contribution in [3.05, 3.63) is 41.6 Å². The number of rotatable bonds is 3. The van der Waals surface area contributed by atoms with E-state index in [4.69, 9.17) is 12.2 Å². The van der Waals surface area contributed by atoms with E-state index in [0.29, 0.717) is 5.11 Å². The number of nitrogens with one attached hydrogen (secondary N) is 2. The third-order valence-electron chi connectivity index (χ3n) is 2.97. The molecule has 4 nitrogen and oxygen atoms in total. The van der Waals surface area contributed by atoms with Crippen LogP contribution >= 0.6 is 12.2 Å². The summed E-state index contributed by atoms with van der Waals surface area (Å²) in [4.78, 5) is 0. The molecule has 0 aliphatic carbocycles. The molecule has 0 radical (unpaired) electrons. The SMILES string of the molecule is CCn1ccc(NC(=S)Nc2ccc(C)c(C)c2)n1. The number of nitrogens with zero attached hydrogens (tertiary/aromatic N) is 2. The number of hydrogen-bond acceptors (Lipinski definition) is 2. The molecule has 19 heavy (non-hydrogen) atoms. The minimum absolute atomic E-state index is 0.546. The highest BCUT2D eigenvalue weighted by Crippen LogP contribution is 2.14. The Labute approximate surface area is 118 Å². The van der Waals surface area contributed by atoms with E-state index in [1.807, 2.05) is 29.9 Å². The van der Waals surface area contributed by atoms with Gasteiger partial charge in [0.15, 0.2) is 10.9 Å². The number of hydrogen-bond donors (Lipinski definition) is 2. The molecule has 0 saturated heterocycles. The molecular formula is C14H18N4S. The molecule has 0 bridgehead atoms. The first-order valence-electron chi connectivity index (χ1n) is 6.27. The first kappa shape index (κ1) is 13.5. The van der Waals surface area contributed by atoms with Crippen LogP contribution in [0.4, 0.5) is 11.5 Å². The molecule has 0 saturated carbocycles. The van der Waals surface area contributed by atoms with Gasteiger partial charge in [0.05, 0.1) is 0 Å². The summed E-state index contributed by atoms with van der Waals surface area (Å²) in [7, 11) is 0. The van der Waals surface area contributed by atoms with Crippen molar-refractivity contribution in [2.24, 2.45) is 0 Å². The van der Waals surface area contributed by atoms with Gasteiger partial charge in [0.2, 0.25) is 0 Å². The van der Waals surface area contributed by atoms with Crippen molar-refractivity contribution in [3.63, 3.8) is 0 Å². The monoisotopic (exact) mass is 274 g/mol. The Morgan fingerprint density at radius 1 is 1.21 bits per heavy atom. The Balaban J connectivity index is 1.98. The predicted octanol–water partition coefficient (Wildman–Crippen LogP) is 3.33. The largest absolute Gasteiger partial charge is 0.332 e. The minimum atomic E-state index is 0.546. The molecule has 5 heteroatoms. The third-order valence-corrected chi connectivity index (χ3v) is 3.18. The Morgan fingerprint density at radius 3 is 2.63 bits per heavy atom. The lowest BCUT2D eigenvalue weighted by Gasteiger charge is -2.10. The summed E-state index contributed by atoms with van der Waals surface area (Å²) >= 11 is 5.27. The van der Waals surface area contributed by atoms with Crippen LogP contribution < -0.4 is 10.6 Å². The Hall–Kier alpha value is -1.88. The van der Waals surface area contributed by atoms with Gasteiger partial charge >= 0.3 is 0 Å². The number of anilines is 2. The maximum atomic E-state index is 5.27. The molecule has 0 aliphatic heterocycles. The average Bonchev–Trinajstić information content (AvgIpc) is 2.81. The zero-order valence-electron chi connectivity index (χ0n) is 11.4. The number of aromatic nitrogens is 2. The van der Waals surface area contributed by atoms with Crippen LogP contribution in [0, 0.1) is 13.8 Å². The highest BCUT2D eigenvalue weighted by Gasteiger charge is 2.02. The van der Waals surface area contributed by atoms with Gasteiger partial charge in [0, 0.05) is 24.5 Å². The molecule has 0 aliphatic rings. The van der Waals surface area contributed by atoms with Crippen molar-refractivity contribution in [1.29, 1.82) is 0 Å². The zero-order chi connectivity index (χ0) is 13.8. The van der Waals surface area contributed by atoms with Gasteiger partial charge in [0.1, 0.15) is 0 Å². The topological polar surface area (TPSA) is 41.9 Å². The molecule has 0 fully saturated rings. The van der Waals surface area contributed by atoms with Gasteiger partial charge in [-0.3, -0.25) is 4.68 Å². The second-order valence-electron chi connectivity index (χ2n) is 4.43. The second-order valence-corrected chi connectivity index (χ2v) is 4.84. The quantitative estimate of drug-likeness (QED) is 0.843. The molecule has 2 rings (SSSR count). The summed E-state index contributed by atoms with van der Waals surface area (Å²) in [5, 5.41) is 11.1. The molecule has 0 atom stereocenters. The zero-order valence-corrected chi connectivity index (χ0v) is 12.2. The molecule has 1 aromatic carbocycles. The summed E-state index contributed by atoms with van der Waals surface area (Å²) in [6.07, 6.45) is 1.92. The third kappa shape index (κ3) is 3.54. The Bertz CT molecular complexity index is 589. The van der Waals surface area contributed by atoms with E-state index in [1.54, 1.807) is 0 Å². The fourth-order valence-corrected chi connectivity index (χ4v) is 1.92. The van der Waals surface area contributed by atoms with Crippen molar-refractivity contribution in [3.8, 4) is 0 Å².